The van der Waals surface area contributed by atoms with Crippen LogP contribution in [-0.4, -0.2) is 42.0 Å². The average molecular weight is 453 g/mol. The fourth-order valence-electron chi connectivity index (χ4n) is 2.92. The molecule has 0 aromatic heterocycles. The van der Waals surface area contributed by atoms with E-state index in [9.17, 15) is 4.79 Å². The lowest BCUT2D eigenvalue weighted by atomic mass is 10.2. The Bertz CT molecular complexity index is 721. The highest BCUT2D eigenvalue weighted by Crippen LogP contribution is 2.28. The van der Waals surface area contributed by atoms with Gasteiger partial charge in [-0.1, -0.05) is 22.6 Å². The molecule has 0 bridgehead atoms. The van der Waals surface area contributed by atoms with Crippen molar-refractivity contribution in [1.29, 1.82) is 0 Å². The number of piperazine rings is 1. The highest BCUT2D eigenvalue weighted by Gasteiger charge is 2.25. The minimum Gasteiger partial charge on any atom is -0.497 e. The monoisotopic (exact) mass is 453 g/mol. The maximum Gasteiger partial charge on any atom is 0.409 e. The van der Waals surface area contributed by atoms with E-state index in [1.54, 1.807) is 19.2 Å². The van der Waals surface area contributed by atoms with E-state index in [-0.39, 0.29) is 0 Å². The van der Waals surface area contributed by atoms with Gasteiger partial charge in [0.25, 0.3) is 0 Å². The molecule has 2 N–H and O–H groups in total. The number of rotatable bonds is 4. The zero-order valence-electron chi connectivity index (χ0n) is 13.9. The summed E-state index contributed by atoms with van der Waals surface area (Å²) in [7, 11) is 1.67. The molecule has 0 radical (unpaired) electrons. The van der Waals surface area contributed by atoms with Gasteiger partial charge in [-0.25, -0.2) is 4.79 Å². The Morgan fingerprint density at radius 2 is 1.76 bits per heavy atom. The third-order valence-electron chi connectivity index (χ3n) is 4.21. The van der Waals surface area contributed by atoms with Crippen LogP contribution >= 0.6 is 22.6 Å². The minimum absolute atomic E-state index is 0.326. The van der Waals surface area contributed by atoms with Gasteiger partial charge < -0.3 is 19.6 Å². The van der Waals surface area contributed by atoms with Crippen LogP contribution in [-0.2, 0) is 0 Å². The molecular weight excluding hydrogens is 433 g/mol. The third kappa shape index (κ3) is 4.28. The minimum atomic E-state index is -1.05. The van der Waals surface area contributed by atoms with Gasteiger partial charge in [-0.2, -0.15) is 0 Å². The number of hydrogen-bond acceptors (Lipinski definition) is 4. The van der Waals surface area contributed by atoms with Gasteiger partial charge in [0.15, 0.2) is 0 Å². The van der Waals surface area contributed by atoms with Crippen molar-refractivity contribution in [3.05, 3.63) is 48.5 Å². The number of hydrogen-bond donors (Lipinski definition) is 2. The number of benzene rings is 2. The summed E-state index contributed by atoms with van der Waals surface area (Å²) < 4.78 is 5.54. The van der Waals surface area contributed by atoms with Crippen molar-refractivity contribution in [3.63, 3.8) is 0 Å². The number of carboxylic acid groups (broad SMARTS) is 1. The molecule has 1 fully saturated rings. The van der Waals surface area contributed by atoms with Crippen molar-refractivity contribution < 1.29 is 14.6 Å². The summed E-state index contributed by atoms with van der Waals surface area (Å²) in [5, 5.41) is 11.1. The second kappa shape index (κ2) is 7.81. The van der Waals surface area contributed by atoms with Crippen LogP contribution in [0.5, 0.6) is 5.75 Å². The molecule has 1 unspecified atom stereocenters. The topological polar surface area (TPSA) is 65.0 Å². The van der Waals surface area contributed by atoms with E-state index in [0.717, 1.165) is 31.1 Å². The molecule has 3 rings (SSSR count). The first-order chi connectivity index (χ1) is 12.1. The first-order valence-electron chi connectivity index (χ1n) is 7.96. The van der Waals surface area contributed by atoms with Crippen LogP contribution in [0, 0.1) is 0 Å². The second-order valence-corrected chi connectivity index (χ2v) is 7.19. The number of nitrogens with one attached hydrogen (secondary N) is 1. The molecular formula is C18H20IN3O3. The van der Waals surface area contributed by atoms with E-state index in [1.807, 2.05) is 24.3 Å². The molecule has 1 aliphatic rings. The molecule has 6 nitrogen and oxygen atoms in total. The molecule has 2 aromatic carbocycles. The summed E-state index contributed by atoms with van der Waals surface area (Å²) in [6.07, 6.45) is -1.05. The SMILES string of the molecule is COc1ccc(N2CCN(c3ccc(NC(=O)O)cc3)C(I)C2)cc1. The van der Waals surface area contributed by atoms with E-state index in [0.29, 0.717) is 9.74 Å². The number of carbonyl (C=O) groups is 1. The van der Waals surface area contributed by atoms with Crippen LogP contribution in [0.25, 0.3) is 0 Å². The number of methoxy groups -OCH3 is 1. The Morgan fingerprint density at radius 1 is 1.12 bits per heavy atom. The van der Waals surface area contributed by atoms with Crippen molar-refractivity contribution in [3.8, 4) is 5.75 Å². The molecule has 7 heteroatoms. The molecule has 0 spiro atoms. The molecule has 1 amide bonds. The molecule has 25 heavy (non-hydrogen) atoms. The van der Waals surface area contributed by atoms with E-state index >= 15 is 0 Å². The summed E-state index contributed by atoms with van der Waals surface area (Å²) in [5.41, 5.74) is 2.88. The molecule has 1 aliphatic heterocycles. The lowest BCUT2D eigenvalue weighted by Crippen LogP contribution is -2.50. The molecule has 1 atom stereocenters. The predicted octanol–water partition coefficient (Wildman–Crippen LogP) is 3.87. The van der Waals surface area contributed by atoms with E-state index in [4.69, 9.17) is 9.84 Å². The van der Waals surface area contributed by atoms with Crippen LogP contribution in [0.15, 0.2) is 48.5 Å². The van der Waals surface area contributed by atoms with Crippen molar-refractivity contribution >= 4 is 45.7 Å². The highest BCUT2D eigenvalue weighted by molar-refractivity contribution is 14.1. The average Bonchev–Trinajstić information content (AvgIpc) is 2.62. The lowest BCUT2D eigenvalue weighted by Gasteiger charge is -2.41. The normalized spacial score (nSPS) is 17.3. The first-order valence-corrected chi connectivity index (χ1v) is 9.21. The largest absolute Gasteiger partial charge is 0.497 e. The fraction of sp³-hybridized carbons (Fsp3) is 0.278. The maximum absolute atomic E-state index is 10.7. The van der Waals surface area contributed by atoms with E-state index in [1.165, 1.54) is 5.69 Å². The van der Waals surface area contributed by atoms with Gasteiger partial charge in [-0.15, -0.1) is 0 Å². The smallest absolute Gasteiger partial charge is 0.409 e. The van der Waals surface area contributed by atoms with Crippen LogP contribution in [0.3, 0.4) is 0 Å². The molecule has 1 saturated heterocycles. The Balaban J connectivity index is 1.65. The maximum atomic E-state index is 10.7. The van der Waals surface area contributed by atoms with Crippen molar-refractivity contribution in [2.75, 3.05) is 41.9 Å². The number of ether oxygens (including phenoxy) is 1. The Kier molecular flexibility index (Phi) is 5.52. The molecule has 132 valence electrons. The number of nitrogens with zero attached hydrogens (tertiary/aromatic N) is 2. The molecule has 1 heterocycles. The quantitative estimate of drug-likeness (QED) is 0.418. The highest BCUT2D eigenvalue weighted by atomic mass is 127. The van der Waals surface area contributed by atoms with Crippen LogP contribution in [0.1, 0.15) is 0 Å². The van der Waals surface area contributed by atoms with Gasteiger partial charge in [-0.05, 0) is 48.5 Å². The molecule has 0 aliphatic carbocycles. The number of alkyl halides is 1. The fourth-order valence-corrected chi connectivity index (χ4v) is 3.99. The molecule has 2 aromatic rings. The predicted molar refractivity (Wildman–Crippen MR) is 108 cm³/mol. The Hall–Kier alpha value is -2.16. The lowest BCUT2D eigenvalue weighted by molar-refractivity contribution is 0.210. The van der Waals surface area contributed by atoms with Gasteiger partial charge in [0.2, 0.25) is 0 Å². The number of halogens is 1. The van der Waals surface area contributed by atoms with Crippen LogP contribution < -0.4 is 19.9 Å². The van der Waals surface area contributed by atoms with E-state index < -0.39 is 6.09 Å². The first kappa shape index (κ1) is 17.7. The van der Waals surface area contributed by atoms with Gasteiger partial charge in [0, 0.05) is 36.7 Å². The summed E-state index contributed by atoms with van der Waals surface area (Å²) in [5.74, 6) is 0.864. The Labute approximate surface area is 160 Å². The van der Waals surface area contributed by atoms with Gasteiger partial charge in [0.1, 0.15) is 5.75 Å². The molecule has 0 saturated carbocycles. The van der Waals surface area contributed by atoms with Crippen LogP contribution in [0.4, 0.5) is 21.9 Å². The van der Waals surface area contributed by atoms with Gasteiger partial charge in [0.05, 0.1) is 11.2 Å². The zero-order valence-corrected chi connectivity index (χ0v) is 16.0. The van der Waals surface area contributed by atoms with Gasteiger partial charge in [-0.3, -0.25) is 5.32 Å². The number of amides is 1. The Morgan fingerprint density at radius 3 is 2.32 bits per heavy atom. The third-order valence-corrected chi connectivity index (χ3v) is 5.27. The summed E-state index contributed by atoms with van der Waals surface area (Å²) in [6, 6.07) is 15.6. The van der Waals surface area contributed by atoms with Crippen molar-refractivity contribution in [2.24, 2.45) is 0 Å². The number of anilines is 3. The van der Waals surface area contributed by atoms with Crippen molar-refractivity contribution in [2.45, 2.75) is 4.05 Å². The standard InChI is InChI=1S/C18H20IN3O3/c1-25-16-8-6-14(7-9-16)21-10-11-22(17(19)12-21)15-4-2-13(3-5-15)20-18(23)24/h2-9,17,20H,10-12H2,1H3,(H,23,24). The van der Waals surface area contributed by atoms with Gasteiger partial charge >= 0.3 is 6.09 Å². The van der Waals surface area contributed by atoms with E-state index in [2.05, 4.69) is 49.8 Å². The summed E-state index contributed by atoms with van der Waals surface area (Å²) in [4.78, 5) is 15.4. The van der Waals surface area contributed by atoms with Crippen LogP contribution in [0.2, 0.25) is 0 Å². The summed E-state index contributed by atoms with van der Waals surface area (Å²) in [6.45, 7) is 2.76. The van der Waals surface area contributed by atoms with Crippen molar-refractivity contribution in [1.82, 2.24) is 0 Å². The summed E-state index contributed by atoms with van der Waals surface area (Å²) >= 11 is 2.46. The second-order valence-electron chi connectivity index (χ2n) is 5.75. The zero-order chi connectivity index (χ0) is 17.8.